The average Bonchev–Trinajstić information content (AvgIpc) is 2.68. The molecule has 92 valence electrons. The van der Waals surface area contributed by atoms with Crippen molar-refractivity contribution in [3.05, 3.63) is 24.3 Å². The van der Waals surface area contributed by atoms with Crippen LogP contribution in [0.2, 0.25) is 0 Å². The summed E-state index contributed by atoms with van der Waals surface area (Å²) >= 11 is 7.92. The molecule has 0 aliphatic carbocycles. The number of fused-ring (bicyclic) bond motifs is 1. The lowest BCUT2D eigenvalue weighted by Gasteiger charge is -2.11. The van der Waals surface area contributed by atoms with Gasteiger partial charge in [0.2, 0.25) is 0 Å². The first-order chi connectivity index (χ1) is 8.15. The highest BCUT2D eigenvalue weighted by molar-refractivity contribution is 7.22. The quantitative estimate of drug-likeness (QED) is 0.815. The van der Waals surface area contributed by atoms with E-state index in [0.29, 0.717) is 5.92 Å². The molecule has 0 saturated heterocycles. The summed E-state index contributed by atoms with van der Waals surface area (Å²) in [6.45, 7) is 5.15. The summed E-state index contributed by atoms with van der Waals surface area (Å²) in [5.74, 6) is 0.634. The summed E-state index contributed by atoms with van der Waals surface area (Å²) in [5.41, 5.74) is 1.05. The Morgan fingerprint density at radius 1 is 1.35 bits per heavy atom. The topological polar surface area (TPSA) is 24.9 Å². The van der Waals surface area contributed by atoms with Gasteiger partial charge in [-0.15, -0.1) is 11.6 Å². The third-order valence-electron chi connectivity index (χ3n) is 2.50. The third kappa shape index (κ3) is 3.58. The van der Waals surface area contributed by atoms with Crippen LogP contribution in [0.15, 0.2) is 24.3 Å². The van der Waals surface area contributed by atoms with Crippen LogP contribution in [-0.4, -0.2) is 16.9 Å². The van der Waals surface area contributed by atoms with Gasteiger partial charge in [0.1, 0.15) is 0 Å². The number of benzene rings is 1. The van der Waals surface area contributed by atoms with Crippen molar-refractivity contribution in [2.75, 3.05) is 11.9 Å². The van der Waals surface area contributed by atoms with Crippen molar-refractivity contribution < 1.29 is 0 Å². The van der Waals surface area contributed by atoms with Crippen LogP contribution in [0.25, 0.3) is 10.2 Å². The fourth-order valence-corrected chi connectivity index (χ4v) is 3.05. The lowest BCUT2D eigenvalue weighted by molar-refractivity contribution is 0.572. The van der Waals surface area contributed by atoms with Gasteiger partial charge in [-0.3, -0.25) is 0 Å². The second kappa shape index (κ2) is 5.69. The van der Waals surface area contributed by atoms with E-state index in [-0.39, 0.29) is 5.38 Å². The number of hydrogen-bond donors (Lipinski definition) is 1. The Bertz CT molecular complexity index is 448. The Morgan fingerprint density at radius 3 is 2.82 bits per heavy atom. The molecule has 1 aromatic carbocycles. The van der Waals surface area contributed by atoms with Gasteiger partial charge in [-0.25, -0.2) is 4.98 Å². The molecule has 1 atom stereocenters. The molecule has 2 nitrogen and oxygen atoms in total. The van der Waals surface area contributed by atoms with Crippen molar-refractivity contribution in [3.8, 4) is 0 Å². The lowest BCUT2D eigenvalue weighted by Crippen LogP contribution is -2.16. The van der Waals surface area contributed by atoms with E-state index in [2.05, 4.69) is 30.2 Å². The third-order valence-corrected chi connectivity index (χ3v) is 3.82. The molecule has 1 heterocycles. The second-order valence-electron chi connectivity index (χ2n) is 4.59. The zero-order chi connectivity index (χ0) is 12.3. The van der Waals surface area contributed by atoms with E-state index in [9.17, 15) is 0 Å². The standard InChI is InChI=1S/C13H17ClN2S/c1-9(2)7-10(14)8-15-13-16-11-5-3-4-6-12(11)17-13/h3-6,9-10H,7-8H2,1-2H3,(H,15,16). The van der Waals surface area contributed by atoms with E-state index in [4.69, 9.17) is 11.6 Å². The van der Waals surface area contributed by atoms with Crippen LogP contribution in [0.5, 0.6) is 0 Å². The Balaban J connectivity index is 1.95. The first kappa shape index (κ1) is 12.7. The average molecular weight is 269 g/mol. The number of nitrogens with one attached hydrogen (secondary N) is 1. The number of nitrogens with zero attached hydrogens (tertiary/aromatic N) is 1. The van der Waals surface area contributed by atoms with Crippen molar-refractivity contribution in [1.29, 1.82) is 0 Å². The number of para-hydroxylation sites is 1. The highest BCUT2D eigenvalue weighted by Crippen LogP contribution is 2.25. The van der Waals surface area contributed by atoms with Gasteiger partial charge < -0.3 is 5.32 Å². The Hall–Kier alpha value is -0.800. The Labute approximate surface area is 111 Å². The fourth-order valence-electron chi connectivity index (χ4n) is 1.74. The minimum atomic E-state index is 0.169. The summed E-state index contributed by atoms with van der Waals surface area (Å²) in [6, 6.07) is 8.16. The van der Waals surface area contributed by atoms with Crippen LogP contribution >= 0.6 is 22.9 Å². The molecule has 2 aromatic rings. The normalized spacial score (nSPS) is 13.2. The summed E-state index contributed by atoms with van der Waals surface area (Å²) in [7, 11) is 0. The first-order valence-corrected chi connectivity index (χ1v) is 7.14. The van der Waals surface area contributed by atoms with Crippen LogP contribution in [-0.2, 0) is 0 Å². The van der Waals surface area contributed by atoms with E-state index in [1.165, 1.54) is 4.70 Å². The fraction of sp³-hybridized carbons (Fsp3) is 0.462. The maximum Gasteiger partial charge on any atom is 0.183 e. The first-order valence-electron chi connectivity index (χ1n) is 5.88. The molecule has 0 amide bonds. The Kier molecular flexibility index (Phi) is 4.24. The van der Waals surface area contributed by atoms with Crippen molar-refractivity contribution in [2.24, 2.45) is 5.92 Å². The largest absolute Gasteiger partial charge is 0.360 e. The predicted molar refractivity (Wildman–Crippen MR) is 77.2 cm³/mol. The minimum Gasteiger partial charge on any atom is -0.360 e. The van der Waals surface area contributed by atoms with Gasteiger partial charge in [0.25, 0.3) is 0 Å². The van der Waals surface area contributed by atoms with Gasteiger partial charge in [-0.1, -0.05) is 37.3 Å². The number of rotatable bonds is 5. The van der Waals surface area contributed by atoms with Crippen molar-refractivity contribution in [3.63, 3.8) is 0 Å². The maximum absolute atomic E-state index is 6.24. The molecular formula is C13H17ClN2S. The van der Waals surface area contributed by atoms with Crippen molar-refractivity contribution in [1.82, 2.24) is 4.98 Å². The number of halogens is 1. The van der Waals surface area contributed by atoms with Crippen LogP contribution < -0.4 is 5.32 Å². The van der Waals surface area contributed by atoms with E-state index in [1.807, 2.05) is 18.2 Å². The van der Waals surface area contributed by atoms with E-state index >= 15 is 0 Å². The highest BCUT2D eigenvalue weighted by Gasteiger charge is 2.08. The highest BCUT2D eigenvalue weighted by atomic mass is 35.5. The maximum atomic E-state index is 6.24. The SMILES string of the molecule is CC(C)CC(Cl)CNc1nc2ccccc2s1. The smallest absolute Gasteiger partial charge is 0.183 e. The number of anilines is 1. The number of thiazole rings is 1. The van der Waals surface area contributed by atoms with Gasteiger partial charge in [0, 0.05) is 6.54 Å². The summed E-state index contributed by atoms with van der Waals surface area (Å²) in [6.07, 6.45) is 1.03. The zero-order valence-corrected chi connectivity index (χ0v) is 11.7. The monoisotopic (exact) mass is 268 g/mol. The van der Waals surface area contributed by atoms with E-state index < -0.39 is 0 Å². The van der Waals surface area contributed by atoms with Crippen LogP contribution in [0, 0.1) is 5.92 Å². The van der Waals surface area contributed by atoms with Gasteiger partial charge in [-0.2, -0.15) is 0 Å². The molecule has 4 heteroatoms. The molecule has 0 fully saturated rings. The molecule has 0 bridgehead atoms. The van der Waals surface area contributed by atoms with Gasteiger partial charge in [0.15, 0.2) is 5.13 Å². The molecule has 1 unspecified atom stereocenters. The van der Waals surface area contributed by atoms with Gasteiger partial charge in [0.05, 0.1) is 15.6 Å². The molecule has 0 spiro atoms. The number of hydrogen-bond acceptors (Lipinski definition) is 3. The van der Waals surface area contributed by atoms with Gasteiger partial charge >= 0.3 is 0 Å². The molecule has 1 N–H and O–H groups in total. The van der Waals surface area contributed by atoms with Gasteiger partial charge in [-0.05, 0) is 24.5 Å². The minimum absolute atomic E-state index is 0.169. The molecule has 0 aliphatic heterocycles. The molecular weight excluding hydrogens is 252 g/mol. The van der Waals surface area contributed by atoms with E-state index in [1.54, 1.807) is 11.3 Å². The molecule has 2 rings (SSSR count). The summed E-state index contributed by atoms with van der Waals surface area (Å²) in [5, 5.41) is 4.44. The molecule has 0 aliphatic rings. The summed E-state index contributed by atoms with van der Waals surface area (Å²) < 4.78 is 1.21. The molecule has 0 radical (unpaired) electrons. The second-order valence-corrected chi connectivity index (χ2v) is 6.24. The van der Waals surface area contributed by atoms with Crippen molar-refractivity contribution in [2.45, 2.75) is 25.6 Å². The van der Waals surface area contributed by atoms with Crippen LogP contribution in [0.4, 0.5) is 5.13 Å². The van der Waals surface area contributed by atoms with Crippen molar-refractivity contribution >= 4 is 38.3 Å². The van der Waals surface area contributed by atoms with E-state index in [0.717, 1.165) is 23.6 Å². The van der Waals surface area contributed by atoms with Crippen LogP contribution in [0.3, 0.4) is 0 Å². The zero-order valence-electron chi connectivity index (χ0n) is 10.1. The predicted octanol–water partition coefficient (Wildman–Crippen LogP) is 4.36. The molecule has 1 aromatic heterocycles. The number of aromatic nitrogens is 1. The number of alkyl halides is 1. The molecule has 17 heavy (non-hydrogen) atoms. The summed E-state index contributed by atoms with van der Waals surface area (Å²) in [4.78, 5) is 4.51. The Morgan fingerprint density at radius 2 is 2.12 bits per heavy atom. The molecule has 0 saturated carbocycles. The van der Waals surface area contributed by atoms with Crippen LogP contribution in [0.1, 0.15) is 20.3 Å². The lowest BCUT2D eigenvalue weighted by atomic mass is 10.1.